The summed E-state index contributed by atoms with van der Waals surface area (Å²) in [6, 6.07) is 16.4. The molecule has 0 atom stereocenters. The Hall–Kier alpha value is -2.81. The highest BCUT2D eigenvalue weighted by Crippen LogP contribution is 2.31. The van der Waals surface area contributed by atoms with Crippen LogP contribution in [0.15, 0.2) is 53.4 Å². The van der Waals surface area contributed by atoms with Gasteiger partial charge in [0.2, 0.25) is 6.41 Å². The Morgan fingerprint density at radius 1 is 0.971 bits per heavy atom. The molecule has 1 aromatic heterocycles. The SMILES string of the molecule is CC.CC.CN1CCN(Sc2ccc(-c3cc4n(n3)Cc3ccc(NC=O)cc3OC4)cc2)CC1. The minimum atomic E-state index is 0.446. The van der Waals surface area contributed by atoms with E-state index in [9.17, 15) is 4.79 Å². The third-order valence-electron chi connectivity index (χ3n) is 5.70. The number of piperazine rings is 1. The van der Waals surface area contributed by atoms with Gasteiger partial charge in [-0.05, 0) is 43.3 Å². The van der Waals surface area contributed by atoms with Crippen LogP contribution < -0.4 is 10.1 Å². The van der Waals surface area contributed by atoms with Crippen LogP contribution >= 0.6 is 11.9 Å². The molecule has 1 saturated heterocycles. The maximum absolute atomic E-state index is 10.7. The van der Waals surface area contributed by atoms with Gasteiger partial charge in [-0.15, -0.1) is 0 Å². The molecule has 2 aliphatic rings. The fourth-order valence-electron chi connectivity index (χ4n) is 3.86. The Kier molecular flexibility index (Phi) is 10.2. The number of carbonyl (C=O) groups is 1. The summed E-state index contributed by atoms with van der Waals surface area (Å²) in [5.41, 5.74) is 4.87. The van der Waals surface area contributed by atoms with E-state index >= 15 is 0 Å². The molecule has 1 amide bonds. The largest absolute Gasteiger partial charge is 0.487 e. The molecule has 8 heteroatoms. The van der Waals surface area contributed by atoms with E-state index in [0.29, 0.717) is 19.6 Å². The number of rotatable bonds is 5. The van der Waals surface area contributed by atoms with Crippen molar-refractivity contribution in [1.29, 1.82) is 0 Å². The van der Waals surface area contributed by atoms with Gasteiger partial charge < -0.3 is 15.0 Å². The number of hydrogen-bond donors (Lipinski definition) is 1. The van der Waals surface area contributed by atoms with E-state index in [1.54, 1.807) is 0 Å². The molecule has 0 unspecified atom stereocenters. The summed E-state index contributed by atoms with van der Waals surface area (Å²) in [6.45, 7) is 13.5. The Labute approximate surface area is 213 Å². The van der Waals surface area contributed by atoms with Crippen molar-refractivity contribution in [3.63, 3.8) is 0 Å². The first-order valence-electron chi connectivity index (χ1n) is 12.4. The van der Waals surface area contributed by atoms with Crippen LogP contribution in [0, 0.1) is 0 Å². The summed E-state index contributed by atoms with van der Waals surface area (Å²) in [4.78, 5) is 14.3. The van der Waals surface area contributed by atoms with Gasteiger partial charge in [-0.25, -0.2) is 4.31 Å². The lowest BCUT2D eigenvalue weighted by molar-refractivity contribution is -0.105. The number of anilines is 1. The van der Waals surface area contributed by atoms with E-state index in [4.69, 9.17) is 9.84 Å². The van der Waals surface area contributed by atoms with Gasteiger partial charge in [0.15, 0.2) is 0 Å². The fourth-order valence-corrected chi connectivity index (χ4v) is 4.76. The highest BCUT2D eigenvalue weighted by Gasteiger charge is 2.18. The molecule has 0 bridgehead atoms. The molecule has 188 valence electrons. The van der Waals surface area contributed by atoms with Gasteiger partial charge in [-0.1, -0.05) is 45.9 Å². The van der Waals surface area contributed by atoms with Crippen LogP contribution in [-0.2, 0) is 17.9 Å². The molecule has 7 nitrogen and oxygen atoms in total. The van der Waals surface area contributed by atoms with E-state index in [0.717, 1.165) is 60.1 Å². The minimum Gasteiger partial charge on any atom is -0.487 e. The van der Waals surface area contributed by atoms with Crippen molar-refractivity contribution in [1.82, 2.24) is 19.0 Å². The van der Waals surface area contributed by atoms with E-state index in [1.165, 1.54) is 4.90 Å². The van der Waals surface area contributed by atoms with Gasteiger partial charge in [-0.2, -0.15) is 5.10 Å². The van der Waals surface area contributed by atoms with Gasteiger partial charge >= 0.3 is 0 Å². The number of benzene rings is 2. The lowest BCUT2D eigenvalue weighted by Crippen LogP contribution is -2.40. The van der Waals surface area contributed by atoms with Crippen LogP contribution in [-0.4, -0.2) is 58.6 Å². The summed E-state index contributed by atoms with van der Waals surface area (Å²) in [5.74, 6) is 0.782. The molecule has 35 heavy (non-hydrogen) atoms. The lowest BCUT2D eigenvalue weighted by Gasteiger charge is -2.31. The number of carbonyl (C=O) groups excluding carboxylic acids is 1. The summed E-state index contributed by atoms with van der Waals surface area (Å²) in [5, 5.41) is 7.50. The van der Waals surface area contributed by atoms with Crippen LogP contribution in [0.5, 0.6) is 5.75 Å². The summed E-state index contributed by atoms with van der Waals surface area (Å²) in [6.07, 6.45) is 0.671. The number of fused-ring (bicyclic) bond motifs is 2. The summed E-state index contributed by atoms with van der Waals surface area (Å²) < 4.78 is 10.4. The van der Waals surface area contributed by atoms with Gasteiger partial charge in [0.1, 0.15) is 12.4 Å². The number of nitrogens with one attached hydrogen (secondary N) is 1. The molecule has 2 aromatic carbocycles. The smallest absolute Gasteiger partial charge is 0.211 e. The standard InChI is InChI=1S/C23H25N5O2S.2C2H6/c1-26-8-10-27(11-9-26)31-21-6-3-17(4-7-21)22-13-20-15-30-23-12-19(24-16-29)5-2-18(23)14-28(20)25-22;2*1-2/h2-7,12-13,16H,8-11,14-15H2,1H3,(H,24,29);2*1-2H3. The first-order chi connectivity index (χ1) is 17.2. The Balaban J connectivity index is 0.000000815. The maximum atomic E-state index is 10.7. The van der Waals surface area contributed by atoms with E-state index in [2.05, 4.69) is 51.9 Å². The van der Waals surface area contributed by atoms with Gasteiger partial charge in [0.25, 0.3) is 0 Å². The highest BCUT2D eigenvalue weighted by molar-refractivity contribution is 7.97. The normalized spacial score (nSPS) is 15.1. The average Bonchev–Trinajstić information content (AvgIpc) is 3.23. The second-order valence-corrected chi connectivity index (χ2v) is 9.07. The van der Waals surface area contributed by atoms with E-state index in [-0.39, 0.29) is 0 Å². The molecule has 5 rings (SSSR count). The van der Waals surface area contributed by atoms with Crippen molar-refractivity contribution >= 4 is 24.0 Å². The monoisotopic (exact) mass is 495 g/mol. The second kappa shape index (κ2) is 13.3. The molecule has 3 aromatic rings. The highest BCUT2D eigenvalue weighted by atomic mass is 32.2. The molecule has 0 saturated carbocycles. The van der Waals surface area contributed by atoms with Crippen LogP contribution in [0.25, 0.3) is 11.3 Å². The quantitative estimate of drug-likeness (QED) is 0.379. The zero-order chi connectivity index (χ0) is 25.2. The number of amides is 1. The Morgan fingerprint density at radius 2 is 1.69 bits per heavy atom. The fraction of sp³-hybridized carbons (Fsp3) is 0.407. The Morgan fingerprint density at radius 3 is 2.37 bits per heavy atom. The second-order valence-electron chi connectivity index (χ2n) is 7.90. The van der Waals surface area contributed by atoms with Crippen molar-refractivity contribution < 1.29 is 9.53 Å². The number of aromatic nitrogens is 2. The van der Waals surface area contributed by atoms with Gasteiger partial charge in [-0.3, -0.25) is 9.48 Å². The van der Waals surface area contributed by atoms with Crippen molar-refractivity contribution in [2.45, 2.75) is 45.7 Å². The number of hydrogen-bond acceptors (Lipinski definition) is 6. The van der Waals surface area contributed by atoms with Crippen LogP contribution in [0.3, 0.4) is 0 Å². The number of likely N-dealkylation sites (N-methyl/N-ethyl adjacent to an activating group) is 1. The summed E-state index contributed by atoms with van der Waals surface area (Å²) in [7, 11) is 2.18. The van der Waals surface area contributed by atoms with Crippen LogP contribution in [0.1, 0.15) is 39.0 Å². The molecule has 0 radical (unpaired) electrons. The van der Waals surface area contributed by atoms with Crippen LogP contribution in [0.2, 0.25) is 0 Å². The van der Waals surface area contributed by atoms with E-state index in [1.807, 2.05) is 62.5 Å². The molecule has 1 N–H and O–H groups in total. The molecule has 2 aliphatic heterocycles. The number of ether oxygens (including phenoxy) is 1. The van der Waals surface area contributed by atoms with E-state index < -0.39 is 0 Å². The van der Waals surface area contributed by atoms with Gasteiger partial charge in [0, 0.05) is 54.0 Å². The number of nitrogens with zero attached hydrogens (tertiary/aromatic N) is 4. The first-order valence-corrected chi connectivity index (χ1v) is 13.2. The zero-order valence-corrected chi connectivity index (χ0v) is 22.3. The third-order valence-corrected chi connectivity index (χ3v) is 6.80. The van der Waals surface area contributed by atoms with Crippen LogP contribution in [0.4, 0.5) is 5.69 Å². The Bertz CT molecular complexity index is 1080. The molecular formula is C27H37N5O2S. The maximum Gasteiger partial charge on any atom is 0.211 e. The molecule has 0 aliphatic carbocycles. The van der Waals surface area contributed by atoms with Crippen molar-refractivity contribution in [3.05, 3.63) is 59.8 Å². The predicted molar refractivity (Wildman–Crippen MR) is 145 cm³/mol. The molecule has 0 spiro atoms. The molecule has 3 heterocycles. The van der Waals surface area contributed by atoms with Crippen molar-refractivity contribution in [2.24, 2.45) is 0 Å². The van der Waals surface area contributed by atoms with Crippen molar-refractivity contribution in [3.8, 4) is 17.0 Å². The molecular weight excluding hydrogens is 458 g/mol. The average molecular weight is 496 g/mol. The predicted octanol–water partition coefficient (Wildman–Crippen LogP) is 5.37. The summed E-state index contributed by atoms with van der Waals surface area (Å²) >= 11 is 1.83. The third kappa shape index (κ3) is 6.87. The lowest BCUT2D eigenvalue weighted by atomic mass is 10.1. The first kappa shape index (κ1) is 26.8. The van der Waals surface area contributed by atoms with Crippen molar-refractivity contribution in [2.75, 3.05) is 38.5 Å². The molecule has 1 fully saturated rings. The minimum absolute atomic E-state index is 0.446. The topological polar surface area (TPSA) is 62.6 Å². The zero-order valence-electron chi connectivity index (χ0n) is 21.5. The van der Waals surface area contributed by atoms with Gasteiger partial charge in [0.05, 0.1) is 17.9 Å².